The topological polar surface area (TPSA) is 134 Å². The van der Waals surface area contributed by atoms with E-state index in [9.17, 15) is 15.0 Å². The van der Waals surface area contributed by atoms with E-state index in [4.69, 9.17) is 15.7 Å². The first-order valence-electron chi connectivity index (χ1n) is 5.28. The Morgan fingerprint density at radius 3 is 2.89 bits per heavy atom. The molecule has 1 aromatic heterocycles. The molecule has 1 aliphatic heterocycles. The van der Waals surface area contributed by atoms with Gasteiger partial charge in [-0.05, 0) is 6.07 Å². The van der Waals surface area contributed by atoms with Crippen LogP contribution in [0.25, 0.3) is 0 Å². The minimum atomic E-state index is -1.30. The van der Waals surface area contributed by atoms with Gasteiger partial charge >= 0.3 is 5.69 Å². The van der Waals surface area contributed by atoms with Gasteiger partial charge in [0.15, 0.2) is 6.23 Å². The van der Waals surface area contributed by atoms with E-state index < -0.39 is 30.2 Å². The molecular formula is C10H12N4O4. The van der Waals surface area contributed by atoms with Gasteiger partial charge in [0.25, 0.3) is 0 Å². The molecule has 0 bridgehead atoms. The monoisotopic (exact) mass is 252 g/mol. The minimum absolute atomic E-state index is 0.0536. The first-order valence-corrected chi connectivity index (χ1v) is 5.28. The van der Waals surface area contributed by atoms with Gasteiger partial charge in [0.1, 0.15) is 24.1 Å². The zero-order chi connectivity index (χ0) is 13.3. The summed E-state index contributed by atoms with van der Waals surface area (Å²) in [6.45, 7) is 0. The Labute approximate surface area is 102 Å². The maximum Gasteiger partial charge on any atom is 0.351 e. The van der Waals surface area contributed by atoms with Crippen molar-refractivity contribution >= 4 is 5.82 Å². The second kappa shape index (κ2) is 4.73. The van der Waals surface area contributed by atoms with Gasteiger partial charge in [-0.2, -0.15) is 10.2 Å². The van der Waals surface area contributed by atoms with Gasteiger partial charge in [0.2, 0.25) is 0 Å². The first-order chi connectivity index (χ1) is 8.54. The lowest BCUT2D eigenvalue weighted by atomic mass is 10.1. The lowest BCUT2D eigenvalue weighted by molar-refractivity contribution is -0.0382. The van der Waals surface area contributed by atoms with Crippen LogP contribution in [0.5, 0.6) is 0 Å². The fourth-order valence-corrected chi connectivity index (χ4v) is 1.84. The molecule has 1 aromatic rings. The van der Waals surface area contributed by atoms with Crippen LogP contribution in [-0.2, 0) is 4.74 Å². The number of anilines is 1. The lowest BCUT2D eigenvalue weighted by Crippen LogP contribution is -2.35. The van der Waals surface area contributed by atoms with Crippen LogP contribution in [0.2, 0.25) is 0 Å². The molecule has 18 heavy (non-hydrogen) atoms. The van der Waals surface area contributed by atoms with E-state index in [2.05, 4.69) is 4.98 Å². The summed E-state index contributed by atoms with van der Waals surface area (Å²) in [5.74, 6) is 0.0536. The standard InChI is InChI=1S/C10H12N4O4/c11-3-1-5-7(15)8(16)9(18-5)14-4-2-6(12)13-10(14)17/h2,4-5,7-9,15-16H,1H2,(H2,12,13,17)/t5-,7?,8?,9-/m1/s1. The predicted molar refractivity (Wildman–Crippen MR) is 59.1 cm³/mol. The van der Waals surface area contributed by atoms with Crippen LogP contribution in [0, 0.1) is 11.3 Å². The van der Waals surface area contributed by atoms with Crippen LogP contribution in [0.1, 0.15) is 12.6 Å². The van der Waals surface area contributed by atoms with Crippen LogP contribution in [0.4, 0.5) is 5.82 Å². The smallest absolute Gasteiger partial charge is 0.351 e. The maximum absolute atomic E-state index is 11.6. The summed E-state index contributed by atoms with van der Waals surface area (Å²) in [6, 6.07) is 3.21. The van der Waals surface area contributed by atoms with Crippen molar-refractivity contribution in [3.63, 3.8) is 0 Å². The Morgan fingerprint density at radius 2 is 2.28 bits per heavy atom. The van der Waals surface area contributed by atoms with E-state index in [1.165, 1.54) is 12.3 Å². The van der Waals surface area contributed by atoms with Crippen LogP contribution in [0.15, 0.2) is 17.1 Å². The quantitative estimate of drug-likeness (QED) is 0.574. The van der Waals surface area contributed by atoms with Crippen molar-refractivity contribution in [1.82, 2.24) is 9.55 Å². The van der Waals surface area contributed by atoms with Gasteiger partial charge < -0.3 is 20.7 Å². The molecule has 2 rings (SSSR count). The number of aliphatic hydroxyl groups is 2. The van der Waals surface area contributed by atoms with Crippen LogP contribution >= 0.6 is 0 Å². The highest BCUT2D eigenvalue weighted by atomic mass is 16.6. The molecule has 0 aliphatic carbocycles. The van der Waals surface area contributed by atoms with Gasteiger partial charge in [0, 0.05) is 6.20 Å². The van der Waals surface area contributed by atoms with Crippen molar-refractivity contribution in [3.05, 3.63) is 22.7 Å². The maximum atomic E-state index is 11.6. The average Bonchev–Trinajstić information content (AvgIpc) is 2.58. The molecule has 4 atom stereocenters. The van der Waals surface area contributed by atoms with Gasteiger partial charge in [-0.15, -0.1) is 0 Å². The number of aromatic nitrogens is 2. The van der Waals surface area contributed by atoms with Gasteiger partial charge in [-0.1, -0.05) is 0 Å². The normalized spacial score (nSPS) is 31.2. The SMILES string of the molecule is N#CC[C@H]1O[C@@H](n2ccc(N)nc2=O)C(O)C1O. The molecule has 4 N–H and O–H groups in total. The van der Waals surface area contributed by atoms with Crippen molar-refractivity contribution in [1.29, 1.82) is 5.26 Å². The Hall–Kier alpha value is -1.95. The number of nitriles is 1. The van der Waals surface area contributed by atoms with Crippen molar-refractivity contribution in [2.45, 2.75) is 31.0 Å². The highest BCUT2D eigenvalue weighted by molar-refractivity contribution is 5.23. The van der Waals surface area contributed by atoms with E-state index in [-0.39, 0.29) is 12.2 Å². The highest BCUT2D eigenvalue weighted by Gasteiger charge is 2.43. The summed E-state index contributed by atoms with van der Waals surface area (Å²) >= 11 is 0. The Kier molecular flexibility index (Phi) is 3.29. The number of nitrogen functional groups attached to an aromatic ring is 1. The Morgan fingerprint density at radius 1 is 1.56 bits per heavy atom. The second-order valence-electron chi connectivity index (χ2n) is 3.95. The largest absolute Gasteiger partial charge is 0.387 e. The molecule has 1 fully saturated rings. The lowest BCUT2D eigenvalue weighted by Gasteiger charge is -2.16. The second-order valence-corrected chi connectivity index (χ2v) is 3.95. The van der Waals surface area contributed by atoms with Crippen molar-refractivity contribution in [3.8, 4) is 6.07 Å². The number of ether oxygens (including phenoxy) is 1. The zero-order valence-corrected chi connectivity index (χ0v) is 9.30. The van der Waals surface area contributed by atoms with E-state index in [1.54, 1.807) is 0 Å². The molecule has 8 heteroatoms. The summed E-state index contributed by atoms with van der Waals surface area (Å²) in [6.07, 6.45) is -3.18. The third-order valence-electron chi connectivity index (χ3n) is 2.76. The molecule has 1 saturated heterocycles. The van der Waals surface area contributed by atoms with Crippen LogP contribution in [0.3, 0.4) is 0 Å². The summed E-state index contributed by atoms with van der Waals surface area (Å²) in [4.78, 5) is 15.1. The van der Waals surface area contributed by atoms with Crippen molar-refractivity contribution in [2.75, 3.05) is 5.73 Å². The van der Waals surface area contributed by atoms with Gasteiger partial charge in [-0.3, -0.25) is 4.57 Å². The fourth-order valence-electron chi connectivity index (χ4n) is 1.84. The third-order valence-corrected chi connectivity index (χ3v) is 2.76. The number of nitrogens with two attached hydrogens (primary N) is 1. The molecule has 0 amide bonds. The van der Waals surface area contributed by atoms with E-state index in [1.807, 2.05) is 6.07 Å². The van der Waals surface area contributed by atoms with E-state index >= 15 is 0 Å². The Balaban J connectivity index is 2.29. The van der Waals surface area contributed by atoms with Crippen LogP contribution in [-0.4, -0.2) is 38.1 Å². The fraction of sp³-hybridized carbons (Fsp3) is 0.500. The third kappa shape index (κ3) is 2.06. The average molecular weight is 252 g/mol. The first kappa shape index (κ1) is 12.5. The molecule has 96 valence electrons. The number of hydrogen-bond acceptors (Lipinski definition) is 7. The number of nitrogens with zero attached hydrogens (tertiary/aromatic N) is 3. The molecule has 2 heterocycles. The zero-order valence-electron chi connectivity index (χ0n) is 9.30. The summed E-state index contributed by atoms with van der Waals surface area (Å²) < 4.78 is 6.32. The van der Waals surface area contributed by atoms with Gasteiger partial charge in [0.05, 0.1) is 12.5 Å². The Bertz CT molecular complexity index is 537. The van der Waals surface area contributed by atoms with E-state index in [0.29, 0.717) is 0 Å². The number of hydrogen-bond donors (Lipinski definition) is 3. The molecular weight excluding hydrogens is 240 g/mol. The molecule has 1 aliphatic rings. The van der Waals surface area contributed by atoms with Gasteiger partial charge in [-0.25, -0.2) is 4.79 Å². The molecule has 0 saturated carbocycles. The summed E-state index contributed by atoms with van der Waals surface area (Å²) in [5.41, 5.74) is 4.65. The van der Waals surface area contributed by atoms with Crippen molar-refractivity contribution < 1.29 is 14.9 Å². The minimum Gasteiger partial charge on any atom is -0.387 e. The highest BCUT2D eigenvalue weighted by Crippen LogP contribution is 2.29. The summed E-state index contributed by atoms with van der Waals surface area (Å²) in [7, 11) is 0. The van der Waals surface area contributed by atoms with Crippen molar-refractivity contribution in [2.24, 2.45) is 0 Å². The predicted octanol–water partition coefficient (Wildman–Crippen LogP) is -1.64. The molecule has 0 aromatic carbocycles. The molecule has 0 radical (unpaired) electrons. The number of rotatable bonds is 2. The van der Waals surface area contributed by atoms with E-state index in [0.717, 1.165) is 4.57 Å². The summed E-state index contributed by atoms with van der Waals surface area (Å²) in [5, 5.41) is 28.0. The molecule has 2 unspecified atom stereocenters. The number of aliphatic hydroxyl groups excluding tert-OH is 2. The molecule has 8 nitrogen and oxygen atoms in total. The van der Waals surface area contributed by atoms with Crippen LogP contribution < -0.4 is 11.4 Å². The molecule has 0 spiro atoms.